The van der Waals surface area contributed by atoms with Crippen molar-refractivity contribution in [3.63, 3.8) is 0 Å². The fraction of sp³-hybridized carbons (Fsp3) is 0.263. The van der Waals surface area contributed by atoms with Crippen molar-refractivity contribution in [1.29, 1.82) is 0 Å². The molecule has 0 saturated carbocycles. The Kier molecular flexibility index (Phi) is 6.43. The molecule has 0 saturated heterocycles. The number of furan rings is 1. The number of nitrogens with one attached hydrogen (secondary N) is 2. The summed E-state index contributed by atoms with van der Waals surface area (Å²) in [4.78, 5) is 25.1. The summed E-state index contributed by atoms with van der Waals surface area (Å²) in [5.74, 6) is -0.732. The highest BCUT2D eigenvalue weighted by Gasteiger charge is 2.28. The molecule has 0 aliphatic heterocycles. The SMILES string of the molecule is CC[C@H](C)[C@@H](NC(=O)c1ccco1)C(=O)Nc1nnc(-c2cccc(Cl)c2)s1. The second-order valence-electron chi connectivity index (χ2n) is 6.23. The van der Waals surface area contributed by atoms with Crippen molar-refractivity contribution in [2.75, 3.05) is 5.32 Å². The van der Waals surface area contributed by atoms with Crippen LogP contribution in [0.4, 0.5) is 5.13 Å². The zero-order valence-corrected chi connectivity index (χ0v) is 16.9. The topological polar surface area (TPSA) is 97.1 Å². The maximum absolute atomic E-state index is 12.8. The van der Waals surface area contributed by atoms with Crippen LogP contribution < -0.4 is 10.6 Å². The second-order valence-corrected chi connectivity index (χ2v) is 7.64. The Hall–Kier alpha value is -2.71. The van der Waals surface area contributed by atoms with Gasteiger partial charge in [0.1, 0.15) is 11.0 Å². The molecule has 0 radical (unpaired) electrons. The first-order valence-corrected chi connectivity index (χ1v) is 9.92. The van der Waals surface area contributed by atoms with Crippen LogP contribution in [0.15, 0.2) is 47.1 Å². The number of anilines is 1. The van der Waals surface area contributed by atoms with Gasteiger partial charge in [-0.15, -0.1) is 10.2 Å². The summed E-state index contributed by atoms with van der Waals surface area (Å²) in [5, 5.41) is 15.2. The zero-order chi connectivity index (χ0) is 20.1. The average Bonchev–Trinajstić information content (AvgIpc) is 3.37. The van der Waals surface area contributed by atoms with Crippen LogP contribution in [0.3, 0.4) is 0 Å². The molecule has 0 fully saturated rings. The molecule has 1 aromatic carbocycles. The number of carbonyl (C=O) groups is 2. The lowest BCUT2D eigenvalue weighted by molar-refractivity contribution is -0.119. The molecule has 0 bridgehead atoms. The molecular weight excluding hydrogens is 400 g/mol. The van der Waals surface area contributed by atoms with Crippen molar-refractivity contribution in [1.82, 2.24) is 15.5 Å². The summed E-state index contributed by atoms with van der Waals surface area (Å²) >= 11 is 7.24. The molecule has 3 aromatic rings. The van der Waals surface area contributed by atoms with Crippen molar-refractivity contribution in [2.24, 2.45) is 5.92 Å². The number of benzene rings is 1. The largest absolute Gasteiger partial charge is 0.459 e. The average molecular weight is 419 g/mol. The van der Waals surface area contributed by atoms with E-state index in [4.69, 9.17) is 16.0 Å². The summed E-state index contributed by atoms with van der Waals surface area (Å²) in [6.45, 7) is 3.84. The maximum atomic E-state index is 12.8. The van der Waals surface area contributed by atoms with Crippen molar-refractivity contribution in [2.45, 2.75) is 26.3 Å². The summed E-state index contributed by atoms with van der Waals surface area (Å²) < 4.78 is 5.09. The molecule has 0 spiro atoms. The number of halogens is 1. The Labute approximate surface area is 171 Å². The number of carbonyl (C=O) groups excluding carboxylic acids is 2. The van der Waals surface area contributed by atoms with Gasteiger partial charge in [0.2, 0.25) is 11.0 Å². The highest BCUT2D eigenvalue weighted by Crippen LogP contribution is 2.28. The lowest BCUT2D eigenvalue weighted by Crippen LogP contribution is -2.47. The molecule has 0 aliphatic carbocycles. The molecule has 0 aliphatic rings. The van der Waals surface area contributed by atoms with Gasteiger partial charge in [0.25, 0.3) is 5.91 Å². The van der Waals surface area contributed by atoms with Crippen LogP contribution >= 0.6 is 22.9 Å². The first kappa shape index (κ1) is 20.0. The third-order valence-electron chi connectivity index (χ3n) is 4.25. The van der Waals surface area contributed by atoms with Gasteiger partial charge in [-0.05, 0) is 30.2 Å². The lowest BCUT2D eigenvalue weighted by atomic mass is 9.98. The quantitative estimate of drug-likeness (QED) is 0.598. The van der Waals surface area contributed by atoms with Gasteiger partial charge in [0.15, 0.2) is 5.76 Å². The smallest absolute Gasteiger partial charge is 0.287 e. The number of hydrogen-bond acceptors (Lipinski definition) is 6. The summed E-state index contributed by atoms with van der Waals surface area (Å²) in [7, 11) is 0. The van der Waals surface area contributed by atoms with Gasteiger partial charge in [-0.1, -0.05) is 55.3 Å². The Morgan fingerprint density at radius 1 is 1.25 bits per heavy atom. The van der Waals surface area contributed by atoms with E-state index >= 15 is 0 Å². The van der Waals surface area contributed by atoms with Gasteiger partial charge < -0.3 is 9.73 Å². The third kappa shape index (κ3) is 4.76. The molecule has 28 heavy (non-hydrogen) atoms. The molecule has 3 rings (SSSR count). The van der Waals surface area contributed by atoms with E-state index in [2.05, 4.69) is 20.8 Å². The van der Waals surface area contributed by atoms with Crippen LogP contribution in [0.25, 0.3) is 10.6 Å². The van der Waals surface area contributed by atoms with Crippen molar-refractivity contribution in [3.05, 3.63) is 53.4 Å². The standard InChI is InChI=1S/C19H19ClN4O3S/c1-3-11(2)15(21-16(25)14-8-5-9-27-14)17(26)22-19-24-23-18(28-19)12-6-4-7-13(20)10-12/h4-11,15H,3H2,1-2H3,(H,21,25)(H,22,24,26)/t11-,15+/m0/s1. The first-order chi connectivity index (χ1) is 13.5. The Morgan fingerprint density at radius 3 is 2.75 bits per heavy atom. The third-order valence-corrected chi connectivity index (χ3v) is 5.38. The van der Waals surface area contributed by atoms with Crippen molar-refractivity contribution >= 4 is 39.9 Å². The van der Waals surface area contributed by atoms with E-state index in [1.807, 2.05) is 26.0 Å². The minimum Gasteiger partial charge on any atom is -0.459 e. The molecular formula is C19H19ClN4O3S. The van der Waals surface area contributed by atoms with Crippen LogP contribution in [0, 0.1) is 5.92 Å². The monoisotopic (exact) mass is 418 g/mol. The number of hydrogen-bond donors (Lipinski definition) is 2. The highest BCUT2D eigenvalue weighted by atomic mass is 35.5. The normalized spacial score (nSPS) is 13.0. The van der Waals surface area contributed by atoms with Gasteiger partial charge in [0, 0.05) is 10.6 Å². The fourth-order valence-electron chi connectivity index (χ4n) is 2.52. The van der Waals surface area contributed by atoms with Crippen LogP contribution in [-0.2, 0) is 4.79 Å². The van der Waals surface area contributed by atoms with E-state index < -0.39 is 11.9 Å². The van der Waals surface area contributed by atoms with E-state index in [-0.39, 0.29) is 17.6 Å². The lowest BCUT2D eigenvalue weighted by Gasteiger charge is -2.22. The van der Waals surface area contributed by atoms with Crippen LogP contribution in [0.1, 0.15) is 30.8 Å². The predicted octanol–water partition coefficient (Wildman–Crippen LogP) is 4.23. The van der Waals surface area contributed by atoms with E-state index in [1.165, 1.54) is 17.6 Å². The van der Waals surface area contributed by atoms with E-state index in [1.54, 1.807) is 24.3 Å². The number of amides is 2. The molecule has 146 valence electrons. The molecule has 2 N–H and O–H groups in total. The summed E-state index contributed by atoms with van der Waals surface area (Å²) in [5.41, 5.74) is 0.815. The zero-order valence-electron chi connectivity index (χ0n) is 15.3. The second kappa shape index (κ2) is 8.99. The molecule has 2 heterocycles. The predicted molar refractivity (Wildman–Crippen MR) is 108 cm³/mol. The molecule has 9 heteroatoms. The molecule has 0 unspecified atom stereocenters. The van der Waals surface area contributed by atoms with Crippen LogP contribution in [0.5, 0.6) is 0 Å². The van der Waals surface area contributed by atoms with Gasteiger partial charge in [0.05, 0.1) is 6.26 Å². The summed E-state index contributed by atoms with van der Waals surface area (Å²) in [6, 6.07) is 9.66. The molecule has 2 amide bonds. The Bertz CT molecular complexity index is 958. The van der Waals surface area contributed by atoms with E-state index in [9.17, 15) is 9.59 Å². The van der Waals surface area contributed by atoms with Crippen LogP contribution in [0.2, 0.25) is 5.02 Å². The van der Waals surface area contributed by atoms with Crippen LogP contribution in [-0.4, -0.2) is 28.1 Å². The molecule has 2 aromatic heterocycles. The molecule has 2 atom stereocenters. The van der Waals surface area contributed by atoms with E-state index in [0.717, 1.165) is 5.56 Å². The highest BCUT2D eigenvalue weighted by molar-refractivity contribution is 7.18. The van der Waals surface area contributed by atoms with Gasteiger partial charge in [-0.25, -0.2) is 0 Å². The molecule has 7 nitrogen and oxygen atoms in total. The van der Waals surface area contributed by atoms with E-state index in [0.29, 0.717) is 21.6 Å². The number of nitrogens with zero attached hydrogens (tertiary/aromatic N) is 2. The van der Waals surface area contributed by atoms with Gasteiger partial charge >= 0.3 is 0 Å². The van der Waals surface area contributed by atoms with Gasteiger partial charge in [-0.3, -0.25) is 14.9 Å². The van der Waals surface area contributed by atoms with Gasteiger partial charge in [-0.2, -0.15) is 0 Å². The minimum atomic E-state index is -0.735. The Balaban J connectivity index is 1.72. The Morgan fingerprint density at radius 2 is 2.07 bits per heavy atom. The minimum absolute atomic E-state index is 0.0840. The number of rotatable bonds is 7. The van der Waals surface area contributed by atoms with Crippen molar-refractivity contribution in [3.8, 4) is 10.6 Å². The fourth-order valence-corrected chi connectivity index (χ4v) is 3.45. The van der Waals surface area contributed by atoms with Crippen molar-refractivity contribution < 1.29 is 14.0 Å². The first-order valence-electron chi connectivity index (χ1n) is 8.72. The number of aromatic nitrogens is 2. The summed E-state index contributed by atoms with van der Waals surface area (Å²) in [6.07, 6.45) is 2.12. The maximum Gasteiger partial charge on any atom is 0.287 e.